The van der Waals surface area contributed by atoms with E-state index in [-0.39, 0.29) is 5.91 Å². The van der Waals surface area contributed by atoms with Crippen LogP contribution in [0.5, 0.6) is 0 Å². The predicted molar refractivity (Wildman–Crippen MR) is 92.1 cm³/mol. The summed E-state index contributed by atoms with van der Waals surface area (Å²) in [5.74, 6) is 0.641. The SMILES string of the molecule is C=CC(=O)NCc1nc2ccccc2n1Cc1cccc(C)c1. The van der Waals surface area contributed by atoms with E-state index in [4.69, 9.17) is 0 Å². The van der Waals surface area contributed by atoms with Crippen LogP contribution < -0.4 is 5.32 Å². The highest BCUT2D eigenvalue weighted by atomic mass is 16.1. The molecule has 23 heavy (non-hydrogen) atoms. The molecule has 0 radical (unpaired) electrons. The third-order valence-electron chi connectivity index (χ3n) is 3.76. The lowest BCUT2D eigenvalue weighted by atomic mass is 10.1. The Labute approximate surface area is 135 Å². The molecule has 1 heterocycles. The minimum absolute atomic E-state index is 0.195. The first-order valence-electron chi connectivity index (χ1n) is 7.57. The lowest BCUT2D eigenvalue weighted by Gasteiger charge is -2.10. The topological polar surface area (TPSA) is 46.9 Å². The second-order valence-electron chi connectivity index (χ2n) is 5.51. The van der Waals surface area contributed by atoms with Crippen molar-refractivity contribution >= 4 is 16.9 Å². The number of carbonyl (C=O) groups is 1. The zero-order valence-corrected chi connectivity index (χ0v) is 13.1. The van der Waals surface area contributed by atoms with E-state index in [0.717, 1.165) is 23.4 Å². The van der Waals surface area contributed by atoms with E-state index in [2.05, 4.69) is 58.7 Å². The van der Waals surface area contributed by atoms with Gasteiger partial charge in [-0.25, -0.2) is 4.98 Å². The van der Waals surface area contributed by atoms with Crippen molar-refractivity contribution in [1.29, 1.82) is 0 Å². The van der Waals surface area contributed by atoms with Gasteiger partial charge in [-0.3, -0.25) is 4.79 Å². The van der Waals surface area contributed by atoms with Crippen LogP contribution >= 0.6 is 0 Å². The second-order valence-corrected chi connectivity index (χ2v) is 5.51. The molecule has 0 aliphatic heterocycles. The number of para-hydroxylation sites is 2. The average Bonchev–Trinajstić information content (AvgIpc) is 2.90. The van der Waals surface area contributed by atoms with E-state index in [0.29, 0.717) is 6.54 Å². The number of benzene rings is 2. The quantitative estimate of drug-likeness (QED) is 0.736. The first-order chi connectivity index (χ1) is 11.2. The van der Waals surface area contributed by atoms with Crippen molar-refractivity contribution < 1.29 is 4.79 Å². The molecule has 0 aliphatic carbocycles. The normalized spacial score (nSPS) is 10.7. The minimum atomic E-state index is -0.195. The van der Waals surface area contributed by atoms with Crippen LogP contribution in [-0.4, -0.2) is 15.5 Å². The zero-order chi connectivity index (χ0) is 16.2. The average molecular weight is 305 g/mol. The van der Waals surface area contributed by atoms with Gasteiger partial charge in [0.05, 0.1) is 17.6 Å². The molecule has 3 rings (SSSR count). The van der Waals surface area contributed by atoms with Crippen molar-refractivity contribution in [3.05, 3.63) is 78.1 Å². The molecule has 1 aromatic heterocycles. The second kappa shape index (κ2) is 6.48. The summed E-state index contributed by atoms with van der Waals surface area (Å²) in [5, 5.41) is 2.81. The van der Waals surface area contributed by atoms with Crippen molar-refractivity contribution in [3.63, 3.8) is 0 Å². The van der Waals surface area contributed by atoms with Gasteiger partial charge in [0.15, 0.2) is 0 Å². The number of aryl methyl sites for hydroxylation is 1. The fraction of sp³-hybridized carbons (Fsp3) is 0.158. The lowest BCUT2D eigenvalue weighted by molar-refractivity contribution is -0.116. The highest BCUT2D eigenvalue weighted by Crippen LogP contribution is 2.18. The first-order valence-corrected chi connectivity index (χ1v) is 7.57. The fourth-order valence-corrected chi connectivity index (χ4v) is 2.67. The van der Waals surface area contributed by atoms with E-state index in [9.17, 15) is 4.79 Å². The van der Waals surface area contributed by atoms with Crippen LogP contribution in [0, 0.1) is 6.92 Å². The van der Waals surface area contributed by atoms with E-state index in [1.165, 1.54) is 17.2 Å². The summed E-state index contributed by atoms with van der Waals surface area (Å²) in [6.45, 7) is 6.66. The molecule has 0 saturated heterocycles. The molecule has 3 aromatic rings. The molecular formula is C19H19N3O. The van der Waals surface area contributed by atoms with E-state index in [1.54, 1.807) is 0 Å². The molecular weight excluding hydrogens is 286 g/mol. The number of hydrogen-bond acceptors (Lipinski definition) is 2. The molecule has 1 amide bonds. The largest absolute Gasteiger partial charge is 0.345 e. The number of nitrogens with zero attached hydrogens (tertiary/aromatic N) is 2. The van der Waals surface area contributed by atoms with Gasteiger partial charge in [0.1, 0.15) is 5.82 Å². The van der Waals surface area contributed by atoms with Crippen LogP contribution in [0.1, 0.15) is 17.0 Å². The molecule has 0 atom stereocenters. The van der Waals surface area contributed by atoms with Gasteiger partial charge >= 0.3 is 0 Å². The Kier molecular flexibility index (Phi) is 4.24. The molecule has 0 unspecified atom stereocenters. The number of nitrogens with one attached hydrogen (secondary N) is 1. The van der Waals surface area contributed by atoms with Gasteiger partial charge in [-0.1, -0.05) is 48.5 Å². The summed E-state index contributed by atoms with van der Waals surface area (Å²) >= 11 is 0. The van der Waals surface area contributed by atoms with Crippen LogP contribution in [0.2, 0.25) is 0 Å². The maximum absolute atomic E-state index is 11.4. The molecule has 0 bridgehead atoms. The Hall–Kier alpha value is -2.88. The molecule has 1 N–H and O–H groups in total. The van der Waals surface area contributed by atoms with E-state index in [1.807, 2.05) is 18.2 Å². The number of rotatable bonds is 5. The van der Waals surface area contributed by atoms with Gasteiger partial charge in [0.2, 0.25) is 5.91 Å². The lowest BCUT2D eigenvalue weighted by Crippen LogP contribution is -2.22. The molecule has 0 fully saturated rings. The zero-order valence-electron chi connectivity index (χ0n) is 13.1. The van der Waals surface area contributed by atoms with Gasteiger partial charge in [0, 0.05) is 6.54 Å². The van der Waals surface area contributed by atoms with Crippen molar-refractivity contribution in [2.75, 3.05) is 0 Å². The van der Waals surface area contributed by atoms with Crippen LogP contribution in [0.3, 0.4) is 0 Å². The number of imidazole rings is 1. The molecule has 0 aliphatic rings. The summed E-state index contributed by atoms with van der Waals surface area (Å²) in [4.78, 5) is 16.1. The highest BCUT2D eigenvalue weighted by molar-refractivity contribution is 5.86. The van der Waals surface area contributed by atoms with Crippen LogP contribution in [-0.2, 0) is 17.9 Å². The molecule has 116 valence electrons. The molecule has 0 spiro atoms. The van der Waals surface area contributed by atoms with Crippen molar-refractivity contribution in [2.45, 2.75) is 20.0 Å². The monoisotopic (exact) mass is 305 g/mol. The minimum Gasteiger partial charge on any atom is -0.345 e. The summed E-state index contributed by atoms with van der Waals surface area (Å²) < 4.78 is 2.15. The number of fused-ring (bicyclic) bond motifs is 1. The van der Waals surface area contributed by atoms with Gasteiger partial charge in [-0.15, -0.1) is 0 Å². The summed E-state index contributed by atoms with van der Waals surface area (Å²) in [7, 11) is 0. The number of hydrogen-bond donors (Lipinski definition) is 1. The van der Waals surface area contributed by atoms with Crippen LogP contribution in [0.15, 0.2) is 61.2 Å². The number of amides is 1. The summed E-state index contributed by atoms with van der Waals surface area (Å²) in [6.07, 6.45) is 1.27. The third-order valence-corrected chi connectivity index (χ3v) is 3.76. The Balaban J connectivity index is 1.98. The Morgan fingerprint density at radius 1 is 1.26 bits per heavy atom. The molecule has 0 saturated carbocycles. The Bertz CT molecular complexity index is 864. The van der Waals surface area contributed by atoms with Crippen molar-refractivity contribution in [3.8, 4) is 0 Å². The number of carbonyl (C=O) groups excluding carboxylic acids is 1. The summed E-state index contributed by atoms with van der Waals surface area (Å²) in [6, 6.07) is 16.4. The van der Waals surface area contributed by atoms with Gasteiger partial charge in [-0.2, -0.15) is 0 Å². The Morgan fingerprint density at radius 2 is 2.09 bits per heavy atom. The smallest absolute Gasteiger partial charge is 0.243 e. The molecule has 4 heteroatoms. The van der Waals surface area contributed by atoms with Crippen molar-refractivity contribution in [1.82, 2.24) is 14.9 Å². The standard InChI is InChI=1S/C19H19N3O/c1-3-19(23)20-12-18-21-16-9-4-5-10-17(16)22(18)13-15-8-6-7-14(2)11-15/h3-11H,1,12-13H2,2H3,(H,20,23). The Morgan fingerprint density at radius 3 is 2.87 bits per heavy atom. The van der Waals surface area contributed by atoms with E-state index < -0.39 is 0 Å². The van der Waals surface area contributed by atoms with Gasteiger partial charge in [-0.05, 0) is 30.7 Å². The predicted octanol–water partition coefficient (Wildman–Crippen LogP) is 3.20. The van der Waals surface area contributed by atoms with Crippen LogP contribution in [0.4, 0.5) is 0 Å². The first kappa shape index (κ1) is 15.0. The van der Waals surface area contributed by atoms with E-state index >= 15 is 0 Å². The fourth-order valence-electron chi connectivity index (χ4n) is 2.67. The number of aromatic nitrogens is 2. The summed E-state index contributed by atoms with van der Waals surface area (Å²) in [5.41, 5.74) is 4.44. The maximum Gasteiger partial charge on any atom is 0.243 e. The van der Waals surface area contributed by atoms with Crippen molar-refractivity contribution in [2.24, 2.45) is 0 Å². The maximum atomic E-state index is 11.4. The highest BCUT2D eigenvalue weighted by Gasteiger charge is 2.11. The third kappa shape index (κ3) is 3.31. The van der Waals surface area contributed by atoms with Crippen LogP contribution in [0.25, 0.3) is 11.0 Å². The van der Waals surface area contributed by atoms with Gasteiger partial charge < -0.3 is 9.88 Å². The molecule has 2 aromatic carbocycles. The van der Waals surface area contributed by atoms with Gasteiger partial charge in [0.25, 0.3) is 0 Å². The molecule has 4 nitrogen and oxygen atoms in total.